The minimum Gasteiger partial charge on any atom is -0.437 e. The molecular weight excluding hydrogens is 439 g/mol. The van der Waals surface area contributed by atoms with Crippen molar-refractivity contribution in [1.29, 1.82) is 5.26 Å². The lowest BCUT2D eigenvalue weighted by Gasteiger charge is -2.08. The number of carbonyl (C=O) groups excluding carboxylic acids is 2. The molecule has 0 aliphatic rings. The minimum absolute atomic E-state index is 0.0679. The topological polar surface area (TPSA) is 133 Å². The number of amides is 2. The molecule has 0 fully saturated rings. The highest BCUT2D eigenvalue weighted by molar-refractivity contribution is 5.99. The standard InChI is InChI=1S/C24H17FN6O3/c1-2-20(32)30-17-4-3-5-18(11-17)34-21-13-29-23-22(31-21)19(12-28-23)14-8-15(10-16(25)9-14)24(33)27-7-6-26/h2-5,8-13H,1,7H2,(H,27,33)(H,28,29)(H,30,32). The first-order valence-electron chi connectivity index (χ1n) is 9.98. The number of benzene rings is 2. The van der Waals surface area contributed by atoms with Gasteiger partial charge in [0.1, 0.15) is 23.6 Å². The van der Waals surface area contributed by atoms with Crippen molar-refractivity contribution in [3.05, 3.63) is 78.9 Å². The smallest absolute Gasteiger partial charge is 0.252 e. The maximum Gasteiger partial charge on any atom is 0.252 e. The number of halogens is 1. The molecule has 0 unspecified atom stereocenters. The van der Waals surface area contributed by atoms with Crippen LogP contribution in [-0.2, 0) is 4.79 Å². The van der Waals surface area contributed by atoms with Crippen LogP contribution in [0.5, 0.6) is 11.6 Å². The van der Waals surface area contributed by atoms with Gasteiger partial charge >= 0.3 is 0 Å². The zero-order valence-corrected chi connectivity index (χ0v) is 17.6. The molecule has 0 bridgehead atoms. The zero-order chi connectivity index (χ0) is 24.1. The summed E-state index contributed by atoms with van der Waals surface area (Å²) < 4.78 is 20.1. The van der Waals surface area contributed by atoms with E-state index >= 15 is 0 Å². The molecule has 3 N–H and O–H groups in total. The monoisotopic (exact) mass is 456 g/mol. The van der Waals surface area contributed by atoms with Crippen molar-refractivity contribution in [1.82, 2.24) is 20.3 Å². The van der Waals surface area contributed by atoms with Gasteiger partial charge in [-0.25, -0.2) is 14.4 Å². The lowest BCUT2D eigenvalue weighted by Crippen LogP contribution is -2.23. The fourth-order valence-electron chi connectivity index (χ4n) is 3.19. The van der Waals surface area contributed by atoms with E-state index in [1.165, 1.54) is 18.3 Å². The molecule has 2 heterocycles. The number of hydrogen-bond donors (Lipinski definition) is 3. The van der Waals surface area contributed by atoms with E-state index in [1.807, 2.05) is 0 Å². The Hall–Kier alpha value is -5.04. The molecule has 0 aliphatic heterocycles. The van der Waals surface area contributed by atoms with E-state index in [1.54, 1.807) is 36.5 Å². The summed E-state index contributed by atoms with van der Waals surface area (Å²) in [6.07, 6.45) is 4.18. The molecule has 0 radical (unpaired) electrons. The van der Waals surface area contributed by atoms with Crippen molar-refractivity contribution in [2.75, 3.05) is 11.9 Å². The quantitative estimate of drug-likeness (QED) is 0.285. The third-order valence-electron chi connectivity index (χ3n) is 4.67. The first kappa shape index (κ1) is 22.2. The van der Waals surface area contributed by atoms with E-state index in [4.69, 9.17) is 10.00 Å². The summed E-state index contributed by atoms with van der Waals surface area (Å²) >= 11 is 0. The highest BCUT2D eigenvalue weighted by Crippen LogP contribution is 2.30. The number of aromatic nitrogens is 3. The van der Waals surface area contributed by atoms with Gasteiger partial charge in [0, 0.05) is 29.1 Å². The van der Waals surface area contributed by atoms with Crippen LogP contribution in [0.4, 0.5) is 10.1 Å². The summed E-state index contributed by atoms with van der Waals surface area (Å²) in [6, 6.07) is 12.4. The van der Waals surface area contributed by atoms with Crippen molar-refractivity contribution < 1.29 is 18.7 Å². The Morgan fingerprint density at radius 3 is 2.91 bits per heavy atom. The van der Waals surface area contributed by atoms with E-state index in [2.05, 4.69) is 32.2 Å². The summed E-state index contributed by atoms with van der Waals surface area (Å²) in [5.74, 6) is -0.960. The van der Waals surface area contributed by atoms with Crippen LogP contribution in [0.2, 0.25) is 0 Å². The minimum atomic E-state index is -0.618. The highest BCUT2D eigenvalue weighted by Gasteiger charge is 2.15. The molecule has 2 aromatic heterocycles. The maximum atomic E-state index is 14.3. The third-order valence-corrected chi connectivity index (χ3v) is 4.67. The van der Waals surface area contributed by atoms with Crippen LogP contribution in [0.1, 0.15) is 10.4 Å². The predicted molar refractivity (Wildman–Crippen MR) is 123 cm³/mol. The summed E-state index contributed by atoms with van der Waals surface area (Å²) in [6.45, 7) is 3.22. The average Bonchev–Trinajstić information content (AvgIpc) is 3.25. The van der Waals surface area contributed by atoms with Crippen molar-refractivity contribution in [2.45, 2.75) is 0 Å². The third kappa shape index (κ3) is 4.89. The normalized spacial score (nSPS) is 10.4. The van der Waals surface area contributed by atoms with E-state index in [0.29, 0.717) is 33.7 Å². The maximum absolute atomic E-state index is 14.3. The number of aromatic amines is 1. The number of nitrogens with one attached hydrogen (secondary N) is 3. The average molecular weight is 456 g/mol. The lowest BCUT2D eigenvalue weighted by atomic mass is 10.0. The van der Waals surface area contributed by atoms with Gasteiger partial charge in [0.25, 0.3) is 5.91 Å². The van der Waals surface area contributed by atoms with Gasteiger partial charge in [-0.2, -0.15) is 5.26 Å². The van der Waals surface area contributed by atoms with Gasteiger partial charge in [0.15, 0.2) is 5.65 Å². The number of hydrogen-bond acceptors (Lipinski definition) is 6. The molecule has 10 heteroatoms. The number of rotatable bonds is 7. The number of carbonyl (C=O) groups is 2. The number of H-pyrrole nitrogens is 1. The molecule has 0 aliphatic carbocycles. The number of anilines is 1. The highest BCUT2D eigenvalue weighted by atomic mass is 19.1. The molecular formula is C24H17FN6O3. The van der Waals surface area contributed by atoms with Gasteiger partial charge in [0.2, 0.25) is 11.8 Å². The second-order valence-corrected chi connectivity index (χ2v) is 7.00. The Labute approximate surface area is 192 Å². The number of ether oxygens (including phenoxy) is 1. The SMILES string of the molecule is C=CC(=O)Nc1cccc(Oc2cnc3[nH]cc(-c4cc(F)cc(C(=O)NCC#N)c4)c3n2)c1. The summed E-state index contributed by atoms with van der Waals surface area (Å²) in [5, 5.41) is 13.7. The second kappa shape index (κ2) is 9.62. The molecule has 2 aromatic carbocycles. The van der Waals surface area contributed by atoms with E-state index in [-0.39, 0.29) is 23.9 Å². The molecule has 0 spiro atoms. The van der Waals surface area contributed by atoms with Crippen molar-refractivity contribution in [2.24, 2.45) is 0 Å². The first-order chi connectivity index (χ1) is 16.5. The fourth-order valence-corrected chi connectivity index (χ4v) is 3.19. The Kier molecular flexibility index (Phi) is 6.27. The molecule has 4 rings (SSSR count). The Bertz CT molecular complexity index is 1460. The Morgan fingerprint density at radius 1 is 1.26 bits per heavy atom. The molecule has 34 heavy (non-hydrogen) atoms. The largest absolute Gasteiger partial charge is 0.437 e. The van der Waals surface area contributed by atoms with Crippen molar-refractivity contribution >= 4 is 28.7 Å². The predicted octanol–water partition coefficient (Wildman–Crippen LogP) is 3.93. The molecule has 168 valence electrons. The van der Waals surface area contributed by atoms with Crippen LogP contribution in [-0.4, -0.2) is 33.3 Å². The van der Waals surface area contributed by atoms with E-state index in [9.17, 15) is 14.0 Å². The second-order valence-electron chi connectivity index (χ2n) is 7.00. The van der Waals surface area contributed by atoms with Crippen molar-refractivity contribution in [3.63, 3.8) is 0 Å². The Balaban J connectivity index is 1.65. The van der Waals surface area contributed by atoms with Gasteiger partial charge in [-0.3, -0.25) is 9.59 Å². The van der Waals surface area contributed by atoms with Gasteiger partial charge in [-0.05, 0) is 42.0 Å². The zero-order valence-electron chi connectivity index (χ0n) is 17.6. The first-order valence-corrected chi connectivity index (χ1v) is 9.98. The molecule has 0 atom stereocenters. The summed E-state index contributed by atoms with van der Waals surface area (Å²) in [5.41, 5.74) is 2.33. The van der Waals surface area contributed by atoms with Gasteiger partial charge in [-0.1, -0.05) is 12.6 Å². The van der Waals surface area contributed by atoms with Crippen LogP contribution >= 0.6 is 0 Å². The number of nitriles is 1. The lowest BCUT2D eigenvalue weighted by molar-refractivity contribution is -0.111. The van der Waals surface area contributed by atoms with E-state index in [0.717, 1.165) is 12.1 Å². The van der Waals surface area contributed by atoms with Crippen LogP contribution < -0.4 is 15.4 Å². The molecule has 0 saturated heterocycles. The fraction of sp³-hybridized carbons (Fsp3) is 0.0417. The number of fused-ring (bicyclic) bond motifs is 1. The van der Waals surface area contributed by atoms with Crippen LogP contribution in [0, 0.1) is 17.1 Å². The molecule has 9 nitrogen and oxygen atoms in total. The number of nitrogens with zero attached hydrogens (tertiary/aromatic N) is 3. The van der Waals surface area contributed by atoms with Gasteiger partial charge < -0.3 is 20.4 Å². The van der Waals surface area contributed by atoms with E-state index < -0.39 is 11.7 Å². The Morgan fingerprint density at radius 2 is 2.12 bits per heavy atom. The van der Waals surface area contributed by atoms with Gasteiger partial charge in [-0.15, -0.1) is 0 Å². The molecule has 4 aromatic rings. The molecule has 2 amide bonds. The molecule has 0 saturated carbocycles. The van der Waals surface area contributed by atoms with Crippen LogP contribution in [0.25, 0.3) is 22.3 Å². The van der Waals surface area contributed by atoms with Crippen molar-refractivity contribution in [3.8, 4) is 28.8 Å². The van der Waals surface area contributed by atoms with Crippen LogP contribution in [0.15, 0.2) is 67.5 Å². The summed E-state index contributed by atoms with van der Waals surface area (Å²) in [7, 11) is 0. The van der Waals surface area contributed by atoms with Gasteiger partial charge in [0.05, 0.1) is 12.3 Å². The summed E-state index contributed by atoms with van der Waals surface area (Å²) in [4.78, 5) is 35.5. The van der Waals surface area contributed by atoms with Crippen LogP contribution in [0.3, 0.4) is 0 Å².